The van der Waals surface area contributed by atoms with E-state index in [0.717, 1.165) is 36.5 Å². The summed E-state index contributed by atoms with van der Waals surface area (Å²) in [5.41, 5.74) is 4.96. The average Bonchev–Trinajstić information content (AvgIpc) is 3.57. The van der Waals surface area contributed by atoms with Crippen LogP contribution in [0.25, 0.3) is 11.0 Å². The van der Waals surface area contributed by atoms with Crippen LogP contribution in [0.4, 0.5) is 4.39 Å². The van der Waals surface area contributed by atoms with Gasteiger partial charge < -0.3 is 23.2 Å². The lowest BCUT2D eigenvalue weighted by molar-refractivity contribution is -0.206. The Morgan fingerprint density at radius 2 is 1.79 bits per heavy atom. The molecular formula is C29H38FN3O4Si. The van der Waals surface area contributed by atoms with Gasteiger partial charge in [-0.1, -0.05) is 39.0 Å². The molecule has 1 aromatic carbocycles. The van der Waals surface area contributed by atoms with Gasteiger partial charge >= 0.3 is 0 Å². The molecule has 9 heteroatoms. The highest BCUT2D eigenvalue weighted by atomic mass is 28.4. The number of aromatic nitrogens is 3. The second kappa shape index (κ2) is 9.78. The Kier molecular flexibility index (Phi) is 6.71. The quantitative estimate of drug-likeness (QED) is 0.303. The topological polar surface area (TPSA) is 67.6 Å². The van der Waals surface area contributed by atoms with E-state index in [9.17, 15) is 4.39 Å². The van der Waals surface area contributed by atoms with Crippen LogP contribution in [0.1, 0.15) is 69.3 Å². The maximum Gasteiger partial charge on any atom is 0.193 e. The second-order valence-corrected chi connectivity index (χ2v) is 16.0. The number of nitrogens with zero attached hydrogens (tertiary/aromatic N) is 3. The van der Waals surface area contributed by atoms with Crippen LogP contribution in [0.15, 0.2) is 36.8 Å². The van der Waals surface area contributed by atoms with Gasteiger partial charge in [-0.05, 0) is 67.6 Å². The van der Waals surface area contributed by atoms with Crippen molar-refractivity contribution in [3.05, 3.63) is 59.2 Å². The van der Waals surface area contributed by atoms with Crippen LogP contribution in [-0.2, 0) is 38.2 Å². The summed E-state index contributed by atoms with van der Waals surface area (Å²) in [6.07, 6.45) is 3.70. The molecule has 0 amide bonds. The van der Waals surface area contributed by atoms with Gasteiger partial charge in [-0.2, -0.15) is 0 Å². The third-order valence-corrected chi connectivity index (χ3v) is 13.5. The van der Waals surface area contributed by atoms with Crippen molar-refractivity contribution in [2.75, 3.05) is 0 Å². The van der Waals surface area contributed by atoms with E-state index in [-0.39, 0.29) is 24.4 Å². The molecule has 5 atom stereocenters. The van der Waals surface area contributed by atoms with Crippen molar-refractivity contribution in [1.82, 2.24) is 14.5 Å². The third-order valence-electron chi connectivity index (χ3n) is 8.89. The molecule has 0 radical (unpaired) electrons. The molecule has 2 aliphatic heterocycles. The zero-order valence-corrected chi connectivity index (χ0v) is 23.9. The Bertz CT molecular complexity index is 1320. The van der Waals surface area contributed by atoms with E-state index in [0.29, 0.717) is 16.7 Å². The van der Waals surface area contributed by atoms with Crippen molar-refractivity contribution in [2.24, 2.45) is 0 Å². The predicted octanol–water partition coefficient (Wildman–Crippen LogP) is 6.18. The van der Waals surface area contributed by atoms with Crippen LogP contribution >= 0.6 is 0 Å². The maximum absolute atomic E-state index is 13.6. The van der Waals surface area contributed by atoms with Crippen molar-refractivity contribution >= 4 is 19.4 Å². The van der Waals surface area contributed by atoms with Crippen molar-refractivity contribution < 1.29 is 23.0 Å². The number of halogens is 1. The molecule has 2 saturated heterocycles. The summed E-state index contributed by atoms with van der Waals surface area (Å²) < 4.78 is 42.7. The molecule has 0 saturated carbocycles. The molecule has 204 valence electrons. The minimum Gasteiger partial charge on any atom is -0.407 e. The summed E-state index contributed by atoms with van der Waals surface area (Å²) >= 11 is 0. The second-order valence-electron chi connectivity index (χ2n) is 11.3. The number of alkyl halides is 1. The van der Waals surface area contributed by atoms with Gasteiger partial charge in [0.15, 0.2) is 20.3 Å². The normalized spacial score (nSPS) is 26.8. The zero-order chi connectivity index (χ0) is 26.7. The fourth-order valence-electron chi connectivity index (χ4n) is 6.40. The fraction of sp³-hybridized carbons (Fsp3) is 0.586. The third kappa shape index (κ3) is 4.23. The highest BCUT2D eigenvalue weighted by Gasteiger charge is 2.59. The van der Waals surface area contributed by atoms with E-state index < -0.39 is 27.0 Å². The summed E-state index contributed by atoms with van der Waals surface area (Å²) in [4.78, 5) is 8.60. The van der Waals surface area contributed by atoms with Gasteiger partial charge in [0.25, 0.3) is 0 Å². The van der Waals surface area contributed by atoms with Crippen LogP contribution in [0, 0.1) is 0 Å². The Hall–Kier alpha value is -2.17. The van der Waals surface area contributed by atoms with Gasteiger partial charge in [0.05, 0.1) is 11.8 Å². The maximum atomic E-state index is 13.6. The summed E-state index contributed by atoms with van der Waals surface area (Å²) in [5.74, 6) is -0.766. The van der Waals surface area contributed by atoms with E-state index in [1.165, 1.54) is 17.5 Å². The van der Waals surface area contributed by atoms with Crippen LogP contribution in [0.2, 0.25) is 18.1 Å². The van der Waals surface area contributed by atoms with E-state index in [4.69, 9.17) is 18.6 Å². The molecule has 3 aromatic rings. The lowest BCUT2D eigenvalue weighted by atomic mass is 9.85. The number of hydrogen-bond donors (Lipinski definition) is 0. The molecule has 1 aliphatic carbocycles. The molecule has 38 heavy (non-hydrogen) atoms. The van der Waals surface area contributed by atoms with Gasteiger partial charge in [0, 0.05) is 11.6 Å². The van der Waals surface area contributed by atoms with E-state index in [1.807, 2.05) is 30.7 Å². The first kappa shape index (κ1) is 26.1. The van der Waals surface area contributed by atoms with Gasteiger partial charge in [-0.3, -0.25) is 0 Å². The first-order valence-electron chi connectivity index (χ1n) is 14.0. The summed E-state index contributed by atoms with van der Waals surface area (Å²) in [6.45, 7) is 9.99. The number of fused-ring (bicyclic) bond motifs is 3. The average molecular weight is 540 g/mol. The Morgan fingerprint density at radius 1 is 1.05 bits per heavy atom. The summed E-state index contributed by atoms with van der Waals surface area (Å²) in [7, 11) is -2.01. The highest BCUT2D eigenvalue weighted by molar-refractivity contribution is 6.73. The van der Waals surface area contributed by atoms with E-state index in [1.54, 1.807) is 0 Å². The summed E-state index contributed by atoms with van der Waals surface area (Å²) in [5, 5.41) is 0.682. The molecule has 0 N–H and O–H groups in total. The number of benzene rings is 1. The summed E-state index contributed by atoms with van der Waals surface area (Å²) in [6, 6.07) is 11.7. The number of ether oxygens (including phenoxy) is 3. The molecule has 4 heterocycles. The first-order valence-corrected chi connectivity index (χ1v) is 16.5. The molecule has 7 nitrogen and oxygen atoms in total. The van der Waals surface area contributed by atoms with Gasteiger partial charge in [0.1, 0.15) is 37.0 Å². The molecule has 2 aromatic heterocycles. The van der Waals surface area contributed by atoms with Crippen molar-refractivity contribution in [2.45, 2.75) is 109 Å². The van der Waals surface area contributed by atoms with Gasteiger partial charge in [-0.15, -0.1) is 0 Å². The lowest BCUT2D eigenvalue weighted by Crippen LogP contribution is -2.43. The number of rotatable bonds is 9. The largest absolute Gasteiger partial charge is 0.407 e. The lowest BCUT2D eigenvalue weighted by Gasteiger charge is -2.38. The molecule has 2 fully saturated rings. The standard InChI is InChI=1S/C29H38FN3O4Si/c1-6-38(7-2,8-3)37-23(20-12-10-18-9-11-19(18)15-20)24-25-26(36-29(4,5)35-25)28(34-24)33-14-13-21-22(16-30)31-17-32-27(21)33/h10,12-15,17,23-26,28H,6-9,11,16H2,1-5H3/t23?,24-,25-,26-,28-/m1/s1. The highest BCUT2D eigenvalue weighted by Crippen LogP contribution is 2.49. The SMILES string of the molecule is CC[Si](CC)(CC)OC(c1ccc2c(c1)CC2)[C@H]1O[C@@H](n2ccc3c(CF)ncnc32)[C@@H]2OC(C)(C)O[C@@H]21. The van der Waals surface area contributed by atoms with Crippen molar-refractivity contribution in [3.63, 3.8) is 0 Å². The van der Waals surface area contributed by atoms with Crippen LogP contribution in [0.5, 0.6) is 0 Å². The van der Waals surface area contributed by atoms with Crippen LogP contribution in [0.3, 0.4) is 0 Å². The Labute approximate surface area is 224 Å². The minimum absolute atomic E-state index is 0.278. The Balaban J connectivity index is 1.43. The number of aryl methyl sites for hydroxylation is 2. The van der Waals surface area contributed by atoms with E-state index in [2.05, 4.69) is 48.9 Å². The molecule has 1 unspecified atom stereocenters. The van der Waals surface area contributed by atoms with Gasteiger partial charge in [-0.25, -0.2) is 14.4 Å². The van der Waals surface area contributed by atoms with Crippen molar-refractivity contribution in [1.29, 1.82) is 0 Å². The predicted molar refractivity (Wildman–Crippen MR) is 145 cm³/mol. The monoisotopic (exact) mass is 539 g/mol. The molecule has 6 rings (SSSR count). The van der Waals surface area contributed by atoms with Crippen molar-refractivity contribution in [3.8, 4) is 0 Å². The van der Waals surface area contributed by atoms with Crippen LogP contribution in [-0.4, -0.2) is 47.0 Å². The molecule has 0 bridgehead atoms. The zero-order valence-electron chi connectivity index (χ0n) is 22.9. The molecule has 3 aliphatic rings. The van der Waals surface area contributed by atoms with Crippen LogP contribution < -0.4 is 0 Å². The fourth-order valence-corrected chi connectivity index (χ4v) is 9.21. The molecular weight excluding hydrogens is 501 g/mol. The number of hydrogen-bond acceptors (Lipinski definition) is 6. The minimum atomic E-state index is -2.01. The van der Waals surface area contributed by atoms with Gasteiger partial charge in [0.2, 0.25) is 0 Å². The first-order chi connectivity index (χ1) is 18.3. The Morgan fingerprint density at radius 3 is 2.45 bits per heavy atom. The molecule has 0 spiro atoms. The smallest absolute Gasteiger partial charge is 0.193 e. The van der Waals surface area contributed by atoms with E-state index >= 15 is 0 Å².